The lowest BCUT2D eigenvalue weighted by Crippen LogP contribution is -2.27. The third kappa shape index (κ3) is 5.05. The third-order valence-electron chi connectivity index (χ3n) is 4.09. The monoisotopic (exact) mass is 422 g/mol. The van der Waals surface area contributed by atoms with Crippen molar-refractivity contribution in [1.29, 1.82) is 0 Å². The van der Waals surface area contributed by atoms with E-state index in [1.807, 2.05) is 54.6 Å². The minimum atomic E-state index is -0.576. The summed E-state index contributed by atoms with van der Waals surface area (Å²) in [4.78, 5) is 24.6. The number of Topliss-reactive ketones (excluding diaryl/α,β-unsaturated/α-hetero) is 1. The highest BCUT2D eigenvalue weighted by molar-refractivity contribution is 9.10. The van der Waals surface area contributed by atoms with Crippen molar-refractivity contribution >= 4 is 39.0 Å². The predicted octanol–water partition coefficient (Wildman–Crippen LogP) is 5.44. The van der Waals surface area contributed by atoms with E-state index >= 15 is 0 Å². The van der Waals surface area contributed by atoms with Gasteiger partial charge in [-0.1, -0.05) is 58.4 Å². The maximum absolute atomic E-state index is 13.0. The van der Waals surface area contributed by atoms with Gasteiger partial charge in [0.1, 0.15) is 6.04 Å². The Morgan fingerprint density at radius 2 is 1.56 bits per heavy atom. The van der Waals surface area contributed by atoms with Crippen LogP contribution in [0, 0.1) is 0 Å². The summed E-state index contributed by atoms with van der Waals surface area (Å²) in [5, 5.41) is 6.18. The minimum Gasteiger partial charge on any atom is -0.370 e. The molecule has 2 N–H and O–H groups in total. The zero-order valence-corrected chi connectivity index (χ0v) is 16.4. The van der Waals surface area contributed by atoms with Crippen LogP contribution < -0.4 is 10.6 Å². The van der Waals surface area contributed by atoms with Gasteiger partial charge >= 0.3 is 0 Å². The Kier molecular flexibility index (Phi) is 6.04. The zero-order valence-electron chi connectivity index (χ0n) is 14.8. The lowest BCUT2D eigenvalue weighted by Gasteiger charge is -2.20. The molecule has 3 aromatic carbocycles. The second kappa shape index (κ2) is 8.64. The number of hydrogen-bond donors (Lipinski definition) is 2. The van der Waals surface area contributed by atoms with Crippen LogP contribution in [0.15, 0.2) is 83.3 Å². The molecular formula is C22H19BrN2O2. The van der Waals surface area contributed by atoms with Gasteiger partial charge in [-0.25, -0.2) is 0 Å². The smallest absolute Gasteiger partial charge is 0.251 e. The molecule has 0 unspecified atom stereocenters. The quantitative estimate of drug-likeness (QED) is 0.519. The maximum Gasteiger partial charge on any atom is 0.251 e. The van der Waals surface area contributed by atoms with Crippen LogP contribution in [0.1, 0.15) is 28.9 Å². The number of anilines is 2. The van der Waals surface area contributed by atoms with E-state index in [0.29, 0.717) is 11.3 Å². The molecule has 0 fully saturated rings. The van der Waals surface area contributed by atoms with Crippen LogP contribution in [0.5, 0.6) is 0 Å². The highest BCUT2D eigenvalue weighted by Gasteiger charge is 2.21. The summed E-state index contributed by atoms with van der Waals surface area (Å²) in [6.07, 6.45) is 0. The number of hydrogen-bond acceptors (Lipinski definition) is 3. The topological polar surface area (TPSA) is 58.2 Å². The summed E-state index contributed by atoms with van der Waals surface area (Å²) in [5.41, 5.74) is 2.83. The minimum absolute atomic E-state index is 0.0429. The number of benzene rings is 3. The van der Waals surface area contributed by atoms with Crippen LogP contribution in [0.3, 0.4) is 0 Å². The van der Waals surface area contributed by atoms with Crippen LogP contribution in [-0.2, 0) is 4.79 Å². The van der Waals surface area contributed by atoms with E-state index in [2.05, 4.69) is 26.6 Å². The Morgan fingerprint density at radius 1 is 0.852 bits per heavy atom. The van der Waals surface area contributed by atoms with E-state index in [-0.39, 0.29) is 11.7 Å². The Balaban J connectivity index is 1.85. The zero-order chi connectivity index (χ0) is 19.2. The van der Waals surface area contributed by atoms with Crippen LogP contribution in [0.4, 0.5) is 11.4 Å². The number of carbonyl (C=O) groups excluding carboxylic acids is 2. The summed E-state index contributed by atoms with van der Waals surface area (Å²) in [5.74, 6) is -0.247. The molecule has 0 spiro atoms. The van der Waals surface area contributed by atoms with E-state index in [4.69, 9.17) is 0 Å². The number of ketones is 1. The molecule has 1 amide bonds. The number of rotatable bonds is 6. The van der Waals surface area contributed by atoms with Crippen molar-refractivity contribution in [3.05, 3.63) is 94.5 Å². The van der Waals surface area contributed by atoms with Crippen LogP contribution >= 0.6 is 15.9 Å². The van der Waals surface area contributed by atoms with E-state index in [9.17, 15) is 9.59 Å². The van der Waals surface area contributed by atoms with E-state index in [0.717, 1.165) is 15.7 Å². The van der Waals surface area contributed by atoms with E-state index < -0.39 is 6.04 Å². The van der Waals surface area contributed by atoms with Gasteiger partial charge in [0.15, 0.2) is 5.78 Å². The summed E-state index contributed by atoms with van der Waals surface area (Å²) < 4.78 is 0.967. The first kappa shape index (κ1) is 18.9. The SMILES string of the molecule is CC(=O)c1cccc(NC(=O)[C@H](Nc2ccc(Br)cc2)c2ccccc2)c1. The van der Waals surface area contributed by atoms with Gasteiger partial charge in [-0.3, -0.25) is 9.59 Å². The molecule has 0 saturated carbocycles. The van der Waals surface area contributed by atoms with Gasteiger partial charge in [0.2, 0.25) is 0 Å². The van der Waals surface area contributed by atoms with Crippen molar-refractivity contribution < 1.29 is 9.59 Å². The van der Waals surface area contributed by atoms with Crippen LogP contribution in [0.25, 0.3) is 0 Å². The van der Waals surface area contributed by atoms with Crippen molar-refractivity contribution in [2.45, 2.75) is 13.0 Å². The average molecular weight is 423 g/mol. The molecule has 27 heavy (non-hydrogen) atoms. The van der Waals surface area contributed by atoms with Crippen molar-refractivity contribution in [2.75, 3.05) is 10.6 Å². The normalized spacial score (nSPS) is 11.5. The molecule has 0 radical (unpaired) electrons. The Hall–Kier alpha value is -2.92. The van der Waals surface area contributed by atoms with Gasteiger partial charge < -0.3 is 10.6 Å². The summed E-state index contributed by atoms with van der Waals surface area (Å²) >= 11 is 3.41. The second-order valence-corrected chi connectivity index (χ2v) is 7.04. The van der Waals surface area contributed by atoms with Gasteiger partial charge in [-0.2, -0.15) is 0 Å². The predicted molar refractivity (Wildman–Crippen MR) is 112 cm³/mol. The lowest BCUT2D eigenvalue weighted by atomic mass is 10.1. The largest absolute Gasteiger partial charge is 0.370 e. The van der Waals surface area contributed by atoms with Crippen molar-refractivity contribution in [1.82, 2.24) is 0 Å². The summed E-state index contributed by atoms with van der Waals surface area (Å²) in [6.45, 7) is 1.50. The molecule has 0 heterocycles. The molecule has 0 aliphatic carbocycles. The molecule has 0 bridgehead atoms. The molecule has 0 aliphatic rings. The molecule has 136 valence electrons. The highest BCUT2D eigenvalue weighted by atomic mass is 79.9. The number of carbonyl (C=O) groups is 2. The van der Waals surface area contributed by atoms with Gasteiger partial charge in [-0.15, -0.1) is 0 Å². The number of halogens is 1. The molecule has 3 aromatic rings. The summed E-state index contributed by atoms with van der Waals surface area (Å²) in [6, 6.07) is 23.5. The van der Waals surface area contributed by atoms with Crippen LogP contribution in [0.2, 0.25) is 0 Å². The fourth-order valence-electron chi connectivity index (χ4n) is 2.69. The highest BCUT2D eigenvalue weighted by Crippen LogP contribution is 2.23. The maximum atomic E-state index is 13.0. The van der Waals surface area contributed by atoms with E-state index in [1.165, 1.54) is 6.92 Å². The summed E-state index contributed by atoms with van der Waals surface area (Å²) in [7, 11) is 0. The molecular weight excluding hydrogens is 404 g/mol. The van der Waals surface area contributed by atoms with Crippen LogP contribution in [-0.4, -0.2) is 11.7 Å². The number of amides is 1. The Morgan fingerprint density at radius 3 is 2.22 bits per heavy atom. The fraction of sp³-hybridized carbons (Fsp3) is 0.0909. The number of nitrogens with one attached hydrogen (secondary N) is 2. The lowest BCUT2D eigenvalue weighted by molar-refractivity contribution is -0.117. The molecule has 0 aromatic heterocycles. The Bertz CT molecular complexity index is 940. The van der Waals surface area contributed by atoms with Gasteiger partial charge in [-0.05, 0) is 48.9 Å². The third-order valence-corrected chi connectivity index (χ3v) is 4.62. The first-order chi connectivity index (χ1) is 13.0. The molecule has 1 atom stereocenters. The average Bonchev–Trinajstić information content (AvgIpc) is 2.68. The molecule has 0 saturated heterocycles. The van der Waals surface area contributed by atoms with Crippen molar-refractivity contribution in [3.8, 4) is 0 Å². The van der Waals surface area contributed by atoms with E-state index in [1.54, 1.807) is 24.3 Å². The van der Waals surface area contributed by atoms with Crippen molar-refractivity contribution in [2.24, 2.45) is 0 Å². The molecule has 4 nitrogen and oxygen atoms in total. The molecule has 3 rings (SSSR count). The molecule has 5 heteroatoms. The van der Waals surface area contributed by atoms with Gasteiger partial charge in [0.05, 0.1) is 0 Å². The first-order valence-electron chi connectivity index (χ1n) is 8.52. The van der Waals surface area contributed by atoms with Gasteiger partial charge in [0.25, 0.3) is 5.91 Å². The Labute approximate surface area is 166 Å². The standard InChI is InChI=1S/C22H19BrN2O2/c1-15(26)17-8-5-9-20(14-17)25-22(27)21(16-6-3-2-4-7-16)24-19-12-10-18(23)11-13-19/h2-14,21,24H,1H3,(H,25,27)/t21-/m1/s1. The van der Waals surface area contributed by atoms with Crippen molar-refractivity contribution in [3.63, 3.8) is 0 Å². The second-order valence-electron chi connectivity index (χ2n) is 6.12. The first-order valence-corrected chi connectivity index (χ1v) is 9.31. The fourth-order valence-corrected chi connectivity index (χ4v) is 2.95. The molecule has 0 aliphatic heterocycles. The van der Waals surface area contributed by atoms with Gasteiger partial charge in [0, 0.05) is 21.4 Å².